The Kier molecular flexibility index (Phi) is 10.1. The summed E-state index contributed by atoms with van der Waals surface area (Å²) in [7, 11) is 3.75. The number of nitrogens with one attached hydrogen (secondary N) is 1. The van der Waals surface area contributed by atoms with Crippen LogP contribution in [0.3, 0.4) is 0 Å². The van der Waals surface area contributed by atoms with Crippen molar-refractivity contribution in [3.8, 4) is 0 Å². The molecule has 130 valence electrons. The van der Waals surface area contributed by atoms with E-state index in [0.29, 0.717) is 19.8 Å². The van der Waals surface area contributed by atoms with Crippen LogP contribution in [-0.2, 0) is 16.0 Å². The molecule has 0 amide bonds. The highest BCUT2D eigenvalue weighted by atomic mass is 16.5. The van der Waals surface area contributed by atoms with Crippen LogP contribution in [0.1, 0.15) is 24.5 Å². The first-order valence-electron chi connectivity index (χ1n) is 8.29. The lowest BCUT2D eigenvalue weighted by molar-refractivity contribution is 0.0702. The fourth-order valence-corrected chi connectivity index (χ4v) is 2.11. The van der Waals surface area contributed by atoms with Gasteiger partial charge in [-0.25, -0.2) is 0 Å². The van der Waals surface area contributed by atoms with E-state index in [1.54, 1.807) is 7.11 Å². The first-order valence-corrected chi connectivity index (χ1v) is 8.29. The number of benzene rings is 1. The van der Waals surface area contributed by atoms with Crippen LogP contribution in [0.25, 0.3) is 0 Å². The second-order valence-electron chi connectivity index (χ2n) is 5.54. The van der Waals surface area contributed by atoms with E-state index < -0.39 is 0 Å². The minimum Gasteiger partial charge on any atom is -0.382 e. The summed E-state index contributed by atoms with van der Waals surface area (Å²) in [4.78, 5) is 6.82. The number of aryl methyl sites for hydroxylation is 1. The van der Waals surface area contributed by atoms with Gasteiger partial charge in [0.05, 0.1) is 13.2 Å². The Hall–Kier alpha value is -1.59. The quantitative estimate of drug-likeness (QED) is 0.408. The summed E-state index contributed by atoms with van der Waals surface area (Å²) in [6, 6.07) is 8.62. The SMILES string of the molecule is CCNC(=NCCCOCCOC)N(C)Cc1ccc(C)cc1. The summed E-state index contributed by atoms with van der Waals surface area (Å²) in [5.41, 5.74) is 2.57. The Morgan fingerprint density at radius 3 is 2.57 bits per heavy atom. The maximum Gasteiger partial charge on any atom is 0.193 e. The lowest BCUT2D eigenvalue weighted by Gasteiger charge is -2.22. The van der Waals surface area contributed by atoms with Gasteiger partial charge in [-0.1, -0.05) is 29.8 Å². The molecular formula is C18H31N3O2. The first-order chi connectivity index (χ1) is 11.2. The van der Waals surface area contributed by atoms with E-state index in [2.05, 4.69) is 60.4 Å². The molecule has 5 nitrogen and oxygen atoms in total. The second-order valence-corrected chi connectivity index (χ2v) is 5.54. The van der Waals surface area contributed by atoms with Crippen molar-refractivity contribution in [2.75, 3.05) is 47.1 Å². The normalized spacial score (nSPS) is 11.6. The molecule has 0 aliphatic carbocycles. The lowest BCUT2D eigenvalue weighted by Crippen LogP contribution is -2.38. The summed E-state index contributed by atoms with van der Waals surface area (Å²) < 4.78 is 10.4. The van der Waals surface area contributed by atoms with Gasteiger partial charge in [0, 0.05) is 40.4 Å². The Morgan fingerprint density at radius 1 is 1.17 bits per heavy atom. The smallest absolute Gasteiger partial charge is 0.193 e. The molecule has 0 saturated carbocycles. The number of ether oxygens (including phenoxy) is 2. The minimum atomic E-state index is 0.644. The maximum absolute atomic E-state index is 5.45. The van der Waals surface area contributed by atoms with E-state index in [0.717, 1.165) is 32.0 Å². The van der Waals surface area contributed by atoms with Crippen LogP contribution in [0.5, 0.6) is 0 Å². The Morgan fingerprint density at radius 2 is 1.91 bits per heavy atom. The zero-order valence-corrected chi connectivity index (χ0v) is 15.0. The third-order valence-corrected chi connectivity index (χ3v) is 3.38. The van der Waals surface area contributed by atoms with Gasteiger partial charge in [-0.05, 0) is 25.8 Å². The Balaban J connectivity index is 2.41. The van der Waals surface area contributed by atoms with Crippen molar-refractivity contribution in [2.45, 2.75) is 26.8 Å². The van der Waals surface area contributed by atoms with Gasteiger partial charge in [0.2, 0.25) is 0 Å². The van der Waals surface area contributed by atoms with Gasteiger partial charge < -0.3 is 19.7 Å². The third kappa shape index (κ3) is 8.57. The van der Waals surface area contributed by atoms with Crippen molar-refractivity contribution in [1.29, 1.82) is 0 Å². The molecule has 0 fully saturated rings. The molecule has 0 atom stereocenters. The van der Waals surface area contributed by atoms with Crippen molar-refractivity contribution >= 4 is 5.96 Å². The van der Waals surface area contributed by atoms with E-state index >= 15 is 0 Å². The van der Waals surface area contributed by atoms with Crippen molar-refractivity contribution in [3.63, 3.8) is 0 Å². The molecule has 1 N–H and O–H groups in total. The van der Waals surface area contributed by atoms with Crippen molar-refractivity contribution in [2.24, 2.45) is 4.99 Å². The molecule has 1 rings (SSSR count). The molecule has 0 radical (unpaired) electrons. The molecule has 0 spiro atoms. The number of hydrogen-bond donors (Lipinski definition) is 1. The Labute approximate surface area is 140 Å². The minimum absolute atomic E-state index is 0.644. The summed E-state index contributed by atoms with van der Waals surface area (Å²) in [6.45, 7) is 8.66. The maximum atomic E-state index is 5.45. The molecule has 0 aliphatic heterocycles. The zero-order chi connectivity index (χ0) is 16.9. The molecule has 0 heterocycles. The van der Waals surface area contributed by atoms with Gasteiger partial charge in [-0.15, -0.1) is 0 Å². The van der Waals surface area contributed by atoms with Gasteiger partial charge in [0.1, 0.15) is 0 Å². The lowest BCUT2D eigenvalue weighted by atomic mass is 10.1. The molecule has 0 aliphatic rings. The molecule has 1 aromatic carbocycles. The molecule has 1 aromatic rings. The van der Waals surface area contributed by atoms with Crippen LogP contribution in [0.2, 0.25) is 0 Å². The molecular weight excluding hydrogens is 290 g/mol. The first kappa shape index (κ1) is 19.5. The summed E-state index contributed by atoms with van der Waals surface area (Å²) >= 11 is 0. The highest BCUT2D eigenvalue weighted by Gasteiger charge is 2.06. The molecule has 0 bridgehead atoms. The van der Waals surface area contributed by atoms with Gasteiger partial charge in [0.15, 0.2) is 5.96 Å². The van der Waals surface area contributed by atoms with Gasteiger partial charge in [0.25, 0.3) is 0 Å². The van der Waals surface area contributed by atoms with E-state index in [1.807, 2.05) is 0 Å². The summed E-state index contributed by atoms with van der Waals surface area (Å²) in [5.74, 6) is 0.935. The number of nitrogens with zero attached hydrogens (tertiary/aromatic N) is 2. The molecule has 5 heteroatoms. The molecule has 0 saturated heterocycles. The standard InChI is InChI=1S/C18H31N3O2/c1-5-19-18(20-11-6-12-23-14-13-22-4)21(3)15-17-9-7-16(2)8-10-17/h7-10H,5-6,11-15H2,1-4H3,(H,19,20). The summed E-state index contributed by atoms with van der Waals surface area (Å²) in [5, 5.41) is 3.34. The fraction of sp³-hybridized carbons (Fsp3) is 0.611. The van der Waals surface area contributed by atoms with Crippen LogP contribution in [0.4, 0.5) is 0 Å². The third-order valence-electron chi connectivity index (χ3n) is 3.38. The number of methoxy groups -OCH3 is 1. The van der Waals surface area contributed by atoms with Crippen LogP contribution < -0.4 is 5.32 Å². The molecule has 0 unspecified atom stereocenters. The topological polar surface area (TPSA) is 46.1 Å². The van der Waals surface area contributed by atoms with Crippen LogP contribution in [0.15, 0.2) is 29.3 Å². The van der Waals surface area contributed by atoms with Gasteiger partial charge in [-0.3, -0.25) is 4.99 Å². The molecule has 0 aromatic heterocycles. The average Bonchev–Trinajstić information content (AvgIpc) is 2.55. The van der Waals surface area contributed by atoms with Gasteiger partial charge in [-0.2, -0.15) is 0 Å². The Bertz CT molecular complexity index is 446. The highest BCUT2D eigenvalue weighted by molar-refractivity contribution is 5.79. The second kappa shape index (κ2) is 11.9. The number of aliphatic imine (C=N–C) groups is 1. The van der Waals surface area contributed by atoms with E-state index in [-0.39, 0.29) is 0 Å². The van der Waals surface area contributed by atoms with Crippen molar-refractivity contribution in [1.82, 2.24) is 10.2 Å². The van der Waals surface area contributed by atoms with E-state index in [4.69, 9.17) is 9.47 Å². The van der Waals surface area contributed by atoms with Crippen LogP contribution >= 0.6 is 0 Å². The summed E-state index contributed by atoms with van der Waals surface area (Å²) in [6.07, 6.45) is 0.914. The predicted molar refractivity (Wildman–Crippen MR) is 95.9 cm³/mol. The number of hydrogen-bond acceptors (Lipinski definition) is 3. The van der Waals surface area contributed by atoms with Gasteiger partial charge >= 0.3 is 0 Å². The van der Waals surface area contributed by atoms with Crippen LogP contribution in [0, 0.1) is 6.92 Å². The number of rotatable bonds is 10. The average molecular weight is 321 g/mol. The van der Waals surface area contributed by atoms with Crippen molar-refractivity contribution in [3.05, 3.63) is 35.4 Å². The number of guanidine groups is 1. The monoisotopic (exact) mass is 321 g/mol. The fourth-order valence-electron chi connectivity index (χ4n) is 2.11. The largest absolute Gasteiger partial charge is 0.382 e. The zero-order valence-electron chi connectivity index (χ0n) is 15.0. The predicted octanol–water partition coefficient (Wildman–Crippen LogP) is 2.45. The van der Waals surface area contributed by atoms with Crippen molar-refractivity contribution < 1.29 is 9.47 Å². The molecule has 23 heavy (non-hydrogen) atoms. The van der Waals surface area contributed by atoms with Crippen LogP contribution in [-0.4, -0.2) is 57.9 Å². The highest BCUT2D eigenvalue weighted by Crippen LogP contribution is 2.06. The van der Waals surface area contributed by atoms with E-state index in [1.165, 1.54) is 11.1 Å². The van der Waals surface area contributed by atoms with E-state index in [9.17, 15) is 0 Å².